The minimum atomic E-state index is -0.127. The highest BCUT2D eigenvalue weighted by atomic mass is 16.5. The molecule has 2 N–H and O–H groups in total. The van der Waals surface area contributed by atoms with Crippen molar-refractivity contribution in [3.05, 3.63) is 47.5 Å². The van der Waals surface area contributed by atoms with E-state index in [9.17, 15) is 4.79 Å². The summed E-state index contributed by atoms with van der Waals surface area (Å²) in [6, 6.07) is 5.73. The van der Waals surface area contributed by atoms with E-state index in [1.54, 1.807) is 18.6 Å². The van der Waals surface area contributed by atoms with Crippen molar-refractivity contribution in [3.63, 3.8) is 0 Å². The van der Waals surface area contributed by atoms with Crippen molar-refractivity contribution in [2.45, 2.75) is 32.4 Å². The van der Waals surface area contributed by atoms with Gasteiger partial charge in [-0.3, -0.25) is 4.79 Å². The number of H-pyrrole nitrogens is 1. The summed E-state index contributed by atoms with van der Waals surface area (Å²) in [5.74, 6) is 0.901. The second-order valence-electron chi connectivity index (χ2n) is 5.10. The molecule has 1 aromatic heterocycles. The van der Waals surface area contributed by atoms with Gasteiger partial charge < -0.3 is 15.0 Å². The molecular formula is C15H17N3O2. The maximum atomic E-state index is 12.3. The average molecular weight is 271 g/mol. The predicted octanol–water partition coefficient (Wildman–Crippen LogP) is 2.22. The summed E-state index contributed by atoms with van der Waals surface area (Å²) in [7, 11) is 0. The predicted molar refractivity (Wildman–Crippen MR) is 74.7 cm³/mol. The van der Waals surface area contributed by atoms with E-state index < -0.39 is 0 Å². The molecule has 0 fully saturated rings. The van der Waals surface area contributed by atoms with Crippen LogP contribution >= 0.6 is 0 Å². The zero-order valence-electron chi connectivity index (χ0n) is 11.5. The molecule has 1 amide bonds. The number of nitrogens with zero attached hydrogens (tertiary/aromatic N) is 1. The molecule has 0 aliphatic carbocycles. The largest absolute Gasteiger partial charge is 0.489 e. The number of rotatable bonds is 3. The first-order chi connectivity index (χ1) is 9.66. The second kappa shape index (κ2) is 5.00. The number of nitrogens with one attached hydrogen (secondary N) is 2. The third-order valence-corrected chi connectivity index (χ3v) is 3.78. The Balaban J connectivity index is 1.79. The van der Waals surface area contributed by atoms with Crippen molar-refractivity contribution in [2.75, 3.05) is 0 Å². The number of ether oxygens (including phenoxy) is 1. The SMILES string of the molecule is CC1Oc2c(C(=O)NCc3cnc[nH]3)cccc2C1C. The van der Waals surface area contributed by atoms with Gasteiger partial charge in [-0.05, 0) is 13.0 Å². The van der Waals surface area contributed by atoms with E-state index in [0.717, 1.165) is 17.0 Å². The molecule has 0 radical (unpaired) electrons. The summed E-state index contributed by atoms with van der Waals surface area (Å²) < 4.78 is 5.83. The lowest BCUT2D eigenvalue weighted by molar-refractivity contribution is 0.0945. The van der Waals surface area contributed by atoms with Gasteiger partial charge in [-0.15, -0.1) is 0 Å². The molecule has 0 spiro atoms. The smallest absolute Gasteiger partial charge is 0.255 e. The number of fused-ring (bicyclic) bond motifs is 1. The molecule has 20 heavy (non-hydrogen) atoms. The number of carbonyl (C=O) groups is 1. The molecule has 2 aromatic rings. The van der Waals surface area contributed by atoms with Gasteiger partial charge >= 0.3 is 0 Å². The van der Waals surface area contributed by atoms with E-state index in [1.165, 1.54) is 0 Å². The fourth-order valence-electron chi connectivity index (χ4n) is 2.42. The van der Waals surface area contributed by atoms with Crippen molar-refractivity contribution in [2.24, 2.45) is 0 Å². The molecule has 0 saturated carbocycles. The number of para-hydroxylation sites is 1. The lowest BCUT2D eigenvalue weighted by Gasteiger charge is -2.09. The van der Waals surface area contributed by atoms with Crippen LogP contribution in [0.5, 0.6) is 5.75 Å². The Kier molecular flexibility index (Phi) is 3.18. The topological polar surface area (TPSA) is 67.0 Å². The normalized spacial score (nSPS) is 20.3. The summed E-state index contributed by atoms with van der Waals surface area (Å²) >= 11 is 0. The molecule has 2 unspecified atom stereocenters. The summed E-state index contributed by atoms with van der Waals surface area (Å²) in [6.07, 6.45) is 3.39. The van der Waals surface area contributed by atoms with E-state index in [-0.39, 0.29) is 12.0 Å². The molecule has 5 nitrogen and oxygen atoms in total. The lowest BCUT2D eigenvalue weighted by Crippen LogP contribution is -2.23. The molecule has 1 aliphatic heterocycles. The molecule has 1 aromatic carbocycles. The van der Waals surface area contributed by atoms with Crippen molar-refractivity contribution in [1.82, 2.24) is 15.3 Å². The van der Waals surface area contributed by atoms with Crippen LogP contribution in [-0.2, 0) is 6.54 Å². The number of hydrogen-bond acceptors (Lipinski definition) is 3. The van der Waals surface area contributed by atoms with E-state index in [0.29, 0.717) is 18.0 Å². The molecule has 2 heterocycles. The highest BCUT2D eigenvalue weighted by molar-refractivity contribution is 5.97. The van der Waals surface area contributed by atoms with Crippen LogP contribution in [0.4, 0.5) is 0 Å². The number of imidazole rings is 1. The van der Waals surface area contributed by atoms with Crippen LogP contribution in [0.2, 0.25) is 0 Å². The highest BCUT2D eigenvalue weighted by Gasteiger charge is 2.30. The average Bonchev–Trinajstić information content (AvgIpc) is 3.06. The Labute approximate surface area is 117 Å². The molecule has 1 aliphatic rings. The Hall–Kier alpha value is -2.30. The van der Waals surface area contributed by atoms with Gasteiger partial charge in [0.2, 0.25) is 0 Å². The summed E-state index contributed by atoms with van der Waals surface area (Å²) in [5, 5.41) is 2.87. The maximum Gasteiger partial charge on any atom is 0.255 e. The zero-order valence-corrected chi connectivity index (χ0v) is 11.5. The van der Waals surface area contributed by atoms with Crippen molar-refractivity contribution >= 4 is 5.91 Å². The Morgan fingerprint density at radius 2 is 2.30 bits per heavy atom. The third-order valence-electron chi connectivity index (χ3n) is 3.78. The monoisotopic (exact) mass is 271 g/mol. The van der Waals surface area contributed by atoms with Gasteiger partial charge in [0.1, 0.15) is 11.9 Å². The molecule has 3 rings (SSSR count). The van der Waals surface area contributed by atoms with Crippen molar-refractivity contribution in [1.29, 1.82) is 0 Å². The summed E-state index contributed by atoms with van der Waals surface area (Å²) in [5.41, 5.74) is 2.57. The van der Waals surface area contributed by atoms with Crippen LogP contribution in [-0.4, -0.2) is 22.0 Å². The maximum absolute atomic E-state index is 12.3. The van der Waals surface area contributed by atoms with Gasteiger partial charge in [0.25, 0.3) is 5.91 Å². The van der Waals surface area contributed by atoms with Crippen LogP contribution in [0.3, 0.4) is 0 Å². The Bertz CT molecular complexity index is 622. The molecular weight excluding hydrogens is 254 g/mol. The van der Waals surface area contributed by atoms with Crippen LogP contribution < -0.4 is 10.1 Å². The van der Waals surface area contributed by atoms with Gasteiger partial charge in [-0.1, -0.05) is 19.1 Å². The van der Waals surface area contributed by atoms with Crippen molar-refractivity contribution < 1.29 is 9.53 Å². The van der Waals surface area contributed by atoms with Gasteiger partial charge in [-0.25, -0.2) is 4.98 Å². The first-order valence-corrected chi connectivity index (χ1v) is 6.72. The van der Waals surface area contributed by atoms with E-state index in [4.69, 9.17) is 4.74 Å². The fraction of sp³-hybridized carbons (Fsp3) is 0.333. The minimum Gasteiger partial charge on any atom is -0.489 e. The number of benzene rings is 1. The third kappa shape index (κ3) is 2.15. The number of aromatic nitrogens is 2. The molecule has 104 valence electrons. The van der Waals surface area contributed by atoms with Crippen LogP contribution in [0, 0.1) is 0 Å². The number of carbonyl (C=O) groups excluding carboxylic acids is 1. The lowest BCUT2D eigenvalue weighted by atomic mass is 9.97. The first-order valence-electron chi connectivity index (χ1n) is 6.72. The summed E-state index contributed by atoms with van der Waals surface area (Å²) in [6.45, 7) is 4.56. The molecule has 5 heteroatoms. The second-order valence-corrected chi connectivity index (χ2v) is 5.10. The van der Waals surface area contributed by atoms with E-state index >= 15 is 0 Å². The van der Waals surface area contributed by atoms with Crippen LogP contribution in [0.1, 0.15) is 41.4 Å². The number of amides is 1. The van der Waals surface area contributed by atoms with Crippen molar-refractivity contribution in [3.8, 4) is 5.75 Å². The number of aromatic amines is 1. The number of hydrogen-bond donors (Lipinski definition) is 2. The first kappa shape index (κ1) is 12.7. The van der Waals surface area contributed by atoms with Gasteiger partial charge in [0.15, 0.2) is 0 Å². The van der Waals surface area contributed by atoms with E-state index in [1.807, 2.05) is 19.1 Å². The Morgan fingerprint density at radius 3 is 3.05 bits per heavy atom. The summed E-state index contributed by atoms with van der Waals surface area (Å²) in [4.78, 5) is 19.2. The van der Waals surface area contributed by atoms with Crippen LogP contribution in [0.25, 0.3) is 0 Å². The molecule has 0 saturated heterocycles. The highest BCUT2D eigenvalue weighted by Crippen LogP contribution is 2.40. The van der Waals surface area contributed by atoms with Gasteiger partial charge in [0, 0.05) is 17.7 Å². The van der Waals surface area contributed by atoms with E-state index in [2.05, 4.69) is 22.2 Å². The van der Waals surface area contributed by atoms with Crippen LogP contribution in [0.15, 0.2) is 30.7 Å². The molecule has 0 bridgehead atoms. The van der Waals surface area contributed by atoms with Gasteiger partial charge in [-0.2, -0.15) is 0 Å². The molecule has 2 atom stereocenters. The Morgan fingerprint density at radius 1 is 1.45 bits per heavy atom. The standard InChI is InChI=1S/C15H17N3O2/c1-9-10(2)20-14-12(9)4-3-5-13(14)15(19)17-7-11-6-16-8-18-11/h3-6,8-10H,7H2,1-2H3,(H,16,18)(H,17,19). The quantitative estimate of drug-likeness (QED) is 0.899. The minimum absolute atomic E-state index is 0.103. The zero-order chi connectivity index (χ0) is 14.1. The van der Waals surface area contributed by atoms with Gasteiger partial charge in [0.05, 0.1) is 24.1 Å². The fourth-order valence-corrected chi connectivity index (χ4v) is 2.42.